The highest BCUT2D eigenvalue weighted by atomic mass is 15.3. The van der Waals surface area contributed by atoms with Crippen LogP contribution in [0.3, 0.4) is 0 Å². The van der Waals surface area contributed by atoms with Gasteiger partial charge in [0.05, 0.1) is 5.69 Å². The largest absolute Gasteiger partial charge is 0.356 e. The second-order valence-corrected chi connectivity index (χ2v) is 7.09. The van der Waals surface area contributed by atoms with Gasteiger partial charge in [-0.1, -0.05) is 18.2 Å². The van der Waals surface area contributed by atoms with Crippen molar-refractivity contribution in [2.75, 3.05) is 13.6 Å². The van der Waals surface area contributed by atoms with E-state index in [0.29, 0.717) is 6.54 Å². The maximum atomic E-state index is 4.53. The van der Waals surface area contributed by atoms with Crippen LogP contribution < -0.4 is 10.6 Å². The first kappa shape index (κ1) is 20.3. The van der Waals surface area contributed by atoms with Gasteiger partial charge in [-0.25, -0.2) is 14.6 Å². The molecule has 0 saturated carbocycles. The lowest BCUT2D eigenvalue weighted by Gasteiger charge is -2.12. The number of pyridine rings is 1. The first-order valence-electron chi connectivity index (χ1n) is 10.2. The number of benzene rings is 1. The summed E-state index contributed by atoms with van der Waals surface area (Å²) in [5.74, 6) is 2.54. The van der Waals surface area contributed by atoms with Crippen LogP contribution >= 0.6 is 0 Å². The van der Waals surface area contributed by atoms with Crippen molar-refractivity contribution in [2.45, 2.75) is 19.9 Å². The van der Waals surface area contributed by atoms with Crippen LogP contribution in [0.2, 0.25) is 0 Å². The van der Waals surface area contributed by atoms with Gasteiger partial charge in [0.15, 0.2) is 5.96 Å². The van der Waals surface area contributed by atoms with Gasteiger partial charge in [0, 0.05) is 51.1 Å². The molecule has 8 nitrogen and oxygen atoms in total. The molecule has 0 bridgehead atoms. The molecule has 0 spiro atoms. The molecule has 0 unspecified atom stereocenters. The molecule has 158 valence electrons. The third kappa shape index (κ3) is 5.16. The molecule has 0 amide bonds. The Kier molecular flexibility index (Phi) is 6.37. The van der Waals surface area contributed by atoms with Crippen molar-refractivity contribution in [2.24, 2.45) is 4.99 Å². The number of nitrogens with zero attached hydrogens (tertiary/aromatic N) is 6. The molecule has 0 aliphatic carbocycles. The fourth-order valence-corrected chi connectivity index (χ4v) is 3.25. The summed E-state index contributed by atoms with van der Waals surface area (Å²) in [7, 11) is 1.78. The van der Waals surface area contributed by atoms with Crippen molar-refractivity contribution in [1.82, 2.24) is 34.9 Å². The summed E-state index contributed by atoms with van der Waals surface area (Å²) in [6, 6.07) is 14.4. The quantitative estimate of drug-likeness (QED) is 0.359. The van der Waals surface area contributed by atoms with E-state index < -0.39 is 0 Å². The number of hydrogen-bond donors (Lipinski definition) is 2. The smallest absolute Gasteiger partial charge is 0.191 e. The Morgan fingerprint density at radius 3 is 2.45 bits per heavy atom. The first-order valence-corrected chi connectivity index (χ1v) is 10.2. The van der Waals surface area contributed by atoms with Gasteiger partial charge in [0.2, 0.25) is 0 Å². The number of hydrogen-bond acceptors (Lipinski definition) is 4. The molecular formula is C23H26N8. The number of rotatable bonds is 7. The second kappa shape index (κ2) is 9.71. The monoisotopic (exact) mass is 414 g/mol. The summed E-state index contributed by atoms with van der Waals surface area (Å²) >= 11 is 0. The minimum atomic E-state index is 0.647. The van der Waals surface area contributed by atoms with E-state index in [2.05, 4.69) is 61.0 Å². The SMILES string of the molecule is CN=C(NCCc1ccc(-n2cccn2)cc1)NCc1ccc(-n2ccnc2C)nc1. The predicted octanol–water partition coefficient (Wildman–Crippen LogP) is 2.67. The van der Waals surface area contributed by atoms with Crippen LogP contribution in [0.4, 0.5) is 0 Å². The van der Waals surface area contributed by atoms with Crippen molar-refractivity contribution in [1.29, 1.82) is 0 Å². The zero-order valence-electron chi connectivity index (χ0n) is 17.7. The Morgan fingerprint density at radius 1 is 0.968 bits per heavy atom. The summed E-state index contributed by atoms with van der Waals surface area (Å²) in [6.07, 6.45) is 10.2. The van der Waals surface area contributed by atoms with Gasteiger partial charge in [0.25, 0.3) is 0 Å². The van der Waals surface area contributed by atoms with Gasteiger partial charge in [-0.15, -0.1) is 0 Å². The number of aromatic nitrogens is 5. The molecule has 0 atom stereocenters. The van der Waals surface area contributed by atoms with E-state index in [4.69, 9.17) is 0 Å². The van der Waals surface area contributed by atoms with Gasteiger partial charge in [-0.05, 0) is 48.7 Å². The maximum absolute atomic E-state index is 4.53. The molecule has 31 heavy (non-hydrogen) atoms. The first-order chi connectivity index (χ1) is 15.2. The Bertz CT molecular complexity index is 1110. The number of nitrogens with one attached hydrogen (secondary N) is 2. The molecule has 8 heteroatoms. The zero-order chi connectivity index (χ0) is 21.5. The lowest BCUT2D eigenvalue weighted by Crippen LogP contribution is -2.37. The highest BCUT2D eigenvalue weighted by molar-refractivity contribution is 5.79. The van der Waals surface area contributed by atoms with Crippen LogP contribution in [0.25, 0.3) is 11.5 Å². The Labute approximate surface area is 181 Å². The number of aryl methyl sites for hydroxylation is 1. The number of aliphatic imine (C=N–C) groups is 1. The minimum absolute atomic E-state index is 0.647. The normalized spacial score (nSPS) is 11.5. The molecule has 0 fully saturated rings. The predicted molar refractivity (Wildman–Crippen MR) is 122 cm³/mol. The molecule has 3 aromatic heterocycles. The molecule has 3 heterocycles. The maximum Gasteiger partial charge on any atom is 0.191 e. The highest BCUT2D eigenvalue weighted by Crippen LogP contribution is 2.09. The molecule has 0 saturated heterocycles. The van der Waals surface area contributed by atoms with Crippen LogP contribution in [-0.2, 0) is 13.0 Å². The van der Waals surface area contributed by atoms with Crippen molar-refractivity contribution in [3.63, 3.8) is 0 Å². The van der Waals surface area contributed by atoms with Gasteiger partial charge in [-0.2, -0.15) is 5.10 Å². The number of imidazole rings is 1. The third-order valence-electron chi connectivity index (χ3n) is 4.98. The van der Waals surface area contributed by atoms with E-state index in [1.54, 1.807) is 19.4 Å². The third-order valence-corrected chi connectivity index (χ3v) is 4.98. The van der Waals surface area contributed by atoms with Gasteiger partial charge >= 0.3 is 0 Å². The van der Waals surface area contributed by atoms with Gasteiger partial charge in [0.1, 0.15) is 11.6 Å². The molecule has 4 aromatic rings. The van der Waals surface area contributed by atoms with Gasteiger partial charge < -0.3 is 10.6 Å². The lowest BCUT2D eigenvalue weighted by molar-refractivity contribution is 0.791. The average Bonchev–Trinajstić information content (AvgIpc) is 3.49. The van der Waals surface area contributed by atoms with E-state index in [1.807, 2.05) is 46.9 Å². The molecule has 0 radical (unpaired) electrons. The molecule has 4 rings (SSSR count). The molecule has 1 aromatic carbocycles. The Morgan fingerprint density at radius 2 is 1.81 bits per heavy atom. The van der Waals surface area contributed by atoms with Crippen LogP contribution in [0.1, 0.15) is 17.0 Å². The van der Waals surface area contributed by atoms with Crippen LogP contribution in [0.5, 0.6) is 0 Å². The molecule has 0 aliphatic heterocycles. The summed E-state index contributed by atoms with van der Waals surface area (Å²) in [4.78, 5) is 13.1. The average molecular weight is 415 g/mol. The summed E-state index contributed by atoms with van der Waals surface area (Å²) < 4.78 is 3.81. The Hall–Kier alpha value is -3.94. The standard InChI is InChI=1S/C23H26N8/c1-18-25-13-15-30(18)22-9-6-20(16-27-22)17-28-23(24-2)26-12-10-19-4-7-21(8-5-19)31-14-3-11-29-31/h3-9,11,13-16H,10,12,17H2,1-2H3,(H2,24,26,28). The van der Waals surface area contributed by atoms with Crippen molar-refractivity contribution in [3.8, 4) is 11.5 Å². The molecule has 2 N–H and O–H groups in total. The van der Waals surface area contributed by atoms with E-state index >= 15 is 0 Å². The van der Waals surface area contributed by atoms with E-state index in [0.717, 1.165) is 41.8 Å². The topological polar surface area (TPSA) is 85.0 Å². The second-order valence-electron chi connectivity index (χ2n) is 7.09. The van der Waals surface area contributed by atoms with Crippen LogP contribution in [0, 0.1) is 6.92 Å². The van der Waals surface area contributed by atoms with Crippen molar-refractivity contribution >= 4 is 5.96 Å². The van der Waals surface area contributed by atoms with E-state index in [1.165, 1.54) is 5.56 Å². The fourth-order valence-electron chi connectivity index (χ4n) is 3.25. The minimum Gasteiger partial charge on any atom is -0.356 e. The lowest BCUT2D eigenvalue weighted by atomic mass is 10.1. The van der Waals surface area contributed by atoms with Crippen LogP contribution in [-0.4, -0.2) is 43.9 Å². The fraction of sp³-hybridized carbons (Fsp3) is 0.217. The summed E-state index contributed by atoms with van der Waals surface area (Å²) in [6.45, 7) is 3.40. The molecule has 0 aliphatic rings. The zero-order valence-corrected chi connectivity index (χ0v) is 17.7. The summed E-state index contributed by atoms with van der Waals surface area (Å²) in [5, 5.41) is 10.9. The highest BCUT2D eigenvalue weighted by Gasteiger charge is 2.03. The molecular weight excluding hydrogens is 388 g/mol. The van der Waals surface area contributed by atoms with Gasteiger partial charge in [-0.3, -0.25) is 9.56 Å². The van der Waals surface area contributed by atoms with E-state index in [-0.39, 0.29) is 0 Å². The number of guanidine groups is 1. The van der Waals surface area contributed by atoms with Crippen molar-refractivity contribution in [3.05, 3.63) is 90.4 Å². The Balaban J connectivity index is 1.24. The van der Waals surface area contributed by atoms with Crippen molar-refractivity contribution < 1.29 is 0 Å². The van der Waals surface area contributed by atoms with Crippen LogP contribution in [0.15, 0.2) is 78.4 Å². The summed E-state index contributed by atoms with van der Waals surface area (Å²) in [5.41, 5.74) is 3.40. The van der Waals surface area contributed by atoms with E-state index in [9.17, 15) is 0 Å².